The quantitative estimate of drug-likeness (QED) is 0.802. The van der Waals surface area contributed by atoms with Crippen LogP contribution in [0.1, 0.15) is 43.7 Å². The van der Waals surface area contributed by atoms with Gasteiger partial charge in [0.25, 0.3) is 0 Å². The van der Waals surface area contributed by atoms with Crippen molar-refractivity contribution in [3.8, 4) is 0 Å². The van der Waals surface area contributed by atoms with Gasteiger partial charge in [0, 0.05) is 24.2 Å². The van der Waals surface area contributed by atoms with Gasteiger partial charge in [-0.25, -0.2) is 0 Å². The van der Waals surface area contributed by atoms with Crippen LogP contribution in [0.4, 0.5) is 5.69 Å². The highest BCUT2D eigenvalue weighted by atomic mass is 14.9. The third kappa shape index (κ3) is 2.86. The lowest BCUT2D eigenvalue weighted by atomic mass is 9.97. The summed E-state index contributed by atoms with van der Waals surface area (Å²) in [5.41, 5.74) is 4.66. The summed E-state index contributed by atoms with van der Waals surface area (Å²) in [4.78, 5) is 0. The Morgan fingerprint density at radius 1 is 1.22 bits per heavy atom. The van der Waals surface area contributed by atoms with Gasteiger partial charge in [-0.3, -0.25) is 0 Å². The third-order valence-electron chi connectivity index (χ3n) is 4.08. The minimum Gasteiger partial charge on any atom is -0.384 e. The van der Waals surface area contributed by atoms with E-state index in [1.807, 2.05) is 7.05 Å². The lowest BCUT2D eigenvalue weighted by Crippen LogP contribution is -2.27. The van der Waals surface area contributed by atoms with Crippen molar-refractivity contribution in [3.05, 3.63) is 29.3 Å². The van der Waals surface area contributed by atoms with Crippen molar-refractivity contribution in [2.45, 2.75) is 39.5 Å². The van der Waals surface area contributed by atoms with Crippen molar-refractivity contribution in [2.75, 3.05) is 25.5 Å². The van der Waals surface area contributed by atoms with Crippen LogP contribution in [0.2, 0.25) is 0 Å². The van der Waals surface area contributed by atoms with Crippen LogP contribution < -0.4 is 10.6 Å². The molecule has 18 heavy (non-hydrogen) atoms. The molecule has 1 saturated carbocycles. The van der Waals surface area contributed by atoms with Gasteiger partial charge in [0.2, 0.25) is 0 Å². The zero-order valence-corrected chi connectivity index (χ0v) is 12.1. The van der Waals surface area contributed by atoms with E-state index < -0.39 is 0 Å². The molecule has 100 valence electrons. The van der Waals surface area contributed by atoms with Gasteiger partial charge in [-0.2, -0.15) is 0 Å². The highest BCUT2D eigenvalue weighted by Crippen LogP contribution is 2.45. The molecule has 2 heteroatoms. The van der Waals surface area contributed by atoms with Gasteiger partial charge in [0.05, 0.1) is 0 Å². The van der Waals surface area contributed by atoms with Crippen LogP contribution in [0, 0.1) is 12.3 Å². The molecule has 1 aromatic carbocycles. The Morgan fingerprint density at radius 3 is 2.50 bits per heavy atom. The zero-order chi connectivity index (χ0) is 13.2. The third-order valence-corrected chi connectivity index (χ3v) is 4.08. The fourth-order valence-electron chi connectivity index (χ4n) is 2.66. The number of anilines is 1. The number of nitrogens with one attached hydrogen (secondary N) is 2. The molecule has 2 rings (SSSR count). The summed E-state index contributed by atoms with van der Waals surface area (Å²) in [5, 5.41) is 7.03. The SMILES string of the molecule is CNCC1(CNc2c(C)cccc2C(C)C)CC1. The predicted octanol–water partition coefficient (Wildman–Crippen LogP) is 3.53. The first-order chi connectivity index (χ1) is 8.58. The molecule has 1 aliphatic carbocycles. The molecule has 1 aliphatic rings. The molecule has 0 radical (unpaired) electrons. The van der Waals surface area contributed by atoms with Gasteiger partial charge in [-0.05, 0) is 43.9 Å². The van der Waals surface area contributed by atoms with Gasteiger partial charge >= 0.3 is 0 Å². The first-order valence-electron chi connectivity index (χ1n) is 7.06. The maximum Gasteiger partial charge on any atom is 0.0405 e. The molecular formula is C16H26N2. The number of hydrogen-bond acceptors (Lipinski definition) is 2. The minimum absolute atomic E-state index is 0.505. The van der Waals surface area contributed by atoms with Crippen molar-refractivity contribution in [2.24, 2.45) is 5.41 Å². The summed E-state index contributed by atoms with van der Waals surface area (Å²) in [6.45, 7) is 8.95. The van der Waals surface area contributed by atoms with E-state index in [4.69, 9.17) is 0 Å². The molecule has 0 spiro atoms. The lowest BCUT2D eigenvalue weighted by molar-refractivity contribution is 0.506. The average molecular weight is 246 g/mol. The van der Waals surface area contributed by atoms with E-state index >= 15 is 0 Å². The molecule has 0 saturated heterocycles. The molecule has 0 aliphatic heterocycles. The normalized spacial score (nSPS) is 16.9. The van der Waals surface area contributed by atoms with E-state index in [-0.39, 0.29) is 0 Å². The number of hydrogen-bond donors (Lipinski definition) is 2. The molecule has 2 nitrogen and oxygen atoms in total. The van der Waals surface area contributed by atoms with Crippen LogP contribution in [-0.2, 0) is 0 Å². The lowest BCUT2D eigenvalue weighted by Gasteiger charge is -2.21. The van der Waals surface area contributed by atoms with Crippen LogP contribution in [0.25, 0.3) is 0 Å². The average Bonchev–Trinajstić information content (AvgIpc) is 3.08. The Morgan fingerprint density at radius 2 is 1.94 bits per heavy atom. The fourth-order valence-corrected chi connectivity index (χ4v) is 2.66. The Bertz CT molecular complexity index is 406. The van der Waals surface area contributed by atoms with Crippen LogP contribution in [-0.4, -0.2) is 20.1 Å². The van der Waals surface area contributed by atoms with Gasteiger partial charge in [-0.1, -0.05) is 32.0 Å². The van der Waals surface area contributed by atoms with Gasteiger partial charge in [0.15, 0.2) is 0 Å². The smallest absolute Gasteiger partial charge is 0.0405 e. The molecule has 2 N–H and O–H groups in total. The minimum atomic E-state index is 0.505. The van der Waals surface area contributed by atoms with Crippen LogP contribution in [0.5, 0.6) is 0 Å². The molecule has 0 aromatic heterocycles. The predicted molar refractivity (Wildman–Crippen MR) is 79.4 cm³/mol. The van der Waals surface area contributed by atoms with E-state index in [1.165, 1.54) is 29.7 Å². The molecule has 0 amide bonds. The Balaban J connectivity index is 2.09. The van der Waals surface area contributed by atoms with Crippen molar-refractivity contribution in [1.82, 2.24) is 5.32 Å². The van der Waals surface area contributed by atoms with Crippen LogP contribution >= 0.6 is 0 Å². The second-order valence-electron chi connectivity index (χ2n) is 6.08. The van der Waals surface area contributed by atoms with Crippen molar-refractivity contribution >= 4 is 5.69 Å². The molecule has 1 aromatic rings. The number of para-hydroxylation sites is 1. The fraction of sp³-hybridized carbons (Fsp3) is 0.625. The van der Waals surface area contributed by atoms with E-state index in [9.17, 15) is 0 Å². The summed E-state index contributed by atoms with van der Waals surface area (Å²) in [6, 6.07) is 6.61. The molecule has 0 heterocycles. The van der Waals surface area contributed by atoms with E-state index in [0.717, 1.165) is 13.1 Å². The first kappa shape index (κ1) is 13.4. The van der Waals surface area contributed by atoms with Gasteiger partial charge in [0.1, 0.15) is 0 Å². The Hall–Kier alpha value is -1.02. The molecule has 0 atom stereocenters. The highest BCUT2D eigenvalue weighted by molar-refractivity contribution is 5.58. The zero-order valence-electron chi connectivity index (χ0n) is 12.1. The van der Waals surface area contributed by atoms with Crippen LogP contribution in [0.3, 0.4) is 0 Å². The summed E-state index contributed by atoms with van der Waals surface area (Å²) in [6.07, 6.45) is 2.70. The van der Waals surface area contributed by atoms with Gasteiger partial charge < -0.3 is 10.6 Å². The summed E-state index contributed by atoms with van der Waals surface area (Å²) in [5.74, 6) is 0.576. The Kier molecular flexibility index (Phi) is 3.96. The maximum absolute atomic E-state index is 3.71. The second kappa shape index (κ2) is 5.31. The molecular weight excluding hydrogens is 220 g/mol. The first-order valence-corrected chi connectivity index (χ1v) is 7.06. The number of benzene rings is 1. The monoisotopic (exact) mass is 246 g/mol. The van der Waals surface area contributed by atoms with Crippen LogP contribution in [0.15, 0.2) is 18.2 Å². The van der Waals surface area contributed by atoms with Gasteiger partial charge in [-0.15, -0.1) is 0 Å². The Labute approximate surface area is 111 Å². The highest BCUT2D eigenvalue weighted by Gasteiger charge is 2.41. The van der Waals surface area contributed by atoms with E-state index in [1.54, 1.807) is 0 Å². The maximum atomic E-state index is 3.71. The number of rotatable bonds is 6. The molecule has 1 fully saturated rings. The topological polar surface area (TPSA) is 24.1 Å². The van der Waals surface area contributed by atoms with Crippen molar-refractivity contribution in [1.29, 1.82) is 0 Å². The van der Waals surface area contributed by atoms with Crippen molar-refractivity contribution < 1.29 is 0 Å². The standard InChI is InChI=1S/C16H26N2/c1-12(2)14-7-5-6-13(3)15(14)18-11-16(8-9-16)10-17-4/h5-7,12,17-18H,8-11H2,1-4H3. The second-order valence-corrected chi connectivity index (χ2v) is 6.08. The number of aryl methyl sites for hydroxylation is 1. The van der Waals surface area contributed by atoms with E-state index in [2.05, 4.69) is 49.6 Å². The van der Waals surface area contributed by atoms with Crippen molar-refractivity contribution in [3.63, 3.8) is 0 Å². The summed E-state index contributed by atoms with van der Waals surface area (Å²) >= 11 is 0. The largest absolute Gasteiger partial charge is 0.384 e. The summed E-state index contributed by atoms with van der Waals surface area (Å²) < 4.78 is 0. The summed E-state index contributed by atoms with van der Waals surface area (Å²) in [7, 11) is 2.05. The van der Waals surface area contributed by atoms with E-state index in [0.29, 0.717) is 11.3 Å². The molecule has 0 unspecified atom stereocenters. The molecule has 0 bridgehead atoms.